The molecule has 25 heavy (non-hydrogen) atoms. The van der Waals surface area contributed by atoms with Gasteiger partial charge in [-0.05, 0) is 30.7 Å². The van der Waals surface area contributed by atoms with Gasteiger partial charge in [-0.15, -0.1) is 11.3 Å². The van der Waals surface area contributed by atoms with Crippen LogP contribution in [-0.4, -0.2) is 17.9 Å². The van der Waals surface area contributed by atoms with Crippen LogP contribution in [0.15, 0.2) is 53.9 Å². The Balaban J connectivity index is 1.65. The summed E-state index contributed by atoms with van der Waals surface area (Å²) in [5, 5.41) is 3.07. The van der Waals surface area contributed by atoms with Crippen molar-refractivity contribution in [3.05, 3.63) is 75.7 Å². The SMILES string of the molecule is COc1cc(C(C)=O)ccc1OCc1csc(Cc2ccccc2)n1. The van der Waals surface area contributed by atoms with E-state index in [9.17, 15) is 4.79 Å². The minimum atomic E-state index is -0.00472. The number of carbonyl (C=O) groups excluding carboxylic acids is 1. The summed E-state index contributed by atoms with van der Waals surface area (Å²) in [5.41, 5.74) is 2.72. The third-order valence-electron chi connectivity index (χ3n) is 3.74. The number of rotatable bonds is 7. The first-order valence-electron chi connectivity index (χ1n) is 7.94. The predicted octanol–water partition coefficient (Wildman–Crippen LogP) is 4.52. The number of ether oxygens (including phenoxy) is 2. The van der Waals surface area contributed by atoms with E-state index in [1.165, 1.54) is 12.5 Å². The fourth-order valence-electron chi connectivity index (χ4n) is 2.42. The summed E-state index contributed by atoms with van der Waals surface area (Å²) >= 11 is 1.63. The predicted molar refractivity (Wildman–Crippen MR) is 98.7 cm³/mol. The van der Waals surface area contributed by atoms with Crippen LogP contribution in [0.25, 0.3) is 0 Å². The highest BCUT2D eigenvalue weighted by Gasteiger charge is 2.10. The second-order valence-electron chi connectivity index (χ2n) is 5.61. The Morgan fingerprint density at radius 1 is 1.12 bits per heavy atom. The summed E-state index contributed by atoms with van der Waals surface area (Å²) in [6.45, 7) is 1.89. The van der Waals surface area contributed by atoms with Gasteiger partial charge in [-0.3, -0.25) is 4.79 Å². The molecular formula is C20H19NO3S. The average Bonchev–Trinajstić information content (AvgIpc) is 3.08. The molecule has 5 heteroatoms. The number of ketones is 1. The van der Waals surface area contributed by atoms with E-state index in [1.807, 2.05) is 23.6 Å². The van der Waals surface area contributed by atoms with Gasteiger partial charge < -0.3 is 9.47 Å². The molecule has 0 amide bonds. The molecule has 2 aromatic carbocycles. The number of methoxy groups -OCH3 is 1. The van der Waals surface area contributed by atoms with Gasteiger partial charge in [-0.1, -0.05) is 30.3 Å². The molecule has 128 valence electrons. The monoisotopic (exact) mass is 353 g/mol. The Morgan fingerprint density at radius 2 is 1.92 bits per heavy atom. The van der Waals surface area contributed by atoms with Crippen LogP contribution in [0, 0.1) is 0 Å². The van der Waals surface area contributed by atoms with E-state index in [0.29, 0.717) is 23.7 Å². The molecule has 1 aromatic heterocycles. The van der Waals surface area contributed by atoms with E-state index in [2.05, 4.69) is 17.1 Å². The lowest BCUT2D eigenvalue weighted by Gasteiger charge is -2.10. The van der Waals surface area contributed by atoms with Crippen LogP contribution in [0.3, 0.4) is 0 Å². The number of hydrogen-bond acceptors (Lipinski definition) is 5. The van der Waals surface area contributed by atoms with Crippen molar-refractivity contribution in [1.82, 2.24) is 4.98 Å². The maximum atomic E-state index is 11.5. The highest BCUT2D eigenvalue weighted by Crippen LogP contribution is 2.29. The molecule has 0 atom stereocenters. The minimum Gasteiger partial charge on any atom is -0.493 e. The van der Waals surface area contributed by atoms with Crippen LogP contribution < -0.4 is 9.47 Å². The molecule has 0 saturated carbocycles. The van der Waals surface area contributed by atoms with Crippen molar-refractivity contribution >= 4 is 17.1 Å². The third-order valence-corrected chi connectivity index (χ3v) is 4.64. The lowest BCUT2D eigenvalue weighted by atomic mass is 10.1. The zero-order valence-electron chi connectivity index (χ0n) is 14.2. The van der Waals surface area contributed by atoms with Crippen LogP contribution in [0.5, 0.6) is 11.5 Å². The molecule has 0 spiro atoms. The molecule has 0 saturated heterocycles. The van der Waals surface area contributed by atoms with E-state index in [1.54, 1.807) is 36.6 Å². The number of aromatic nitrogens is 1. The Kier molecular flexibility index (Phi) is 5.46. The Bertz CT molecular complexity index is 858. The standard InChI is InChI=1S/C20H19NO3S/c1-14(22)16-8-9-18(19(11-16)23-2)24-12-17-13-25-20(21-17)10-15-6-4-3-5-7-15/h3-9,11,13H,10,12H2,1-2H3. The van der Waals surface area contributed by atoms with Gasteiger partial charge in [0.05, 0.1) is 17.8 Å². The van der Waals surface area contributed by atoms with Crippen molar-refractivity contribution in [3.8, 4) is 11.5 Å². The largest absolute Gasteiger partial charge is 0.493 e. The fraction of sp³-hybridized carbons (Fsp3) is 0.200. The van der Waals surface area contributed by atoms with Crippen molar-refractivity contribution in [2.24, 2.45) is 0 Å². The van der Waals surface area contributed by atoms with Gasteiger partial charge in [0.1, 0.15) is 6.61 Å². The van der Waals surface area contributed by atoms with Gasteiger partial charge in [0, 0.05) is 17.4 Å². The molecule has 0 N–H and O–H groups in total. The van der Waals surface area contributed by atoms with Crippen molar-refractivity contribution in [2.45, 2.75) is 20.0 Å². The Morgan fingerprint density at radius 3 is 2.64 bits per heavy atom. The Hall–Kier alpha value is -2.66. The molecule has 0 bridgehead atoms. The summed E-state index contributed by atoms with van der Waals surface area (Å²) < 4.78 is 11.1. The highest BCUT2D eigenvalue weighted by molar-refractivity contribution is 7.09. The summed E-state index contributed by atoms with van der Waals surface area (Å²) in [4.78, 5) is 16.1. The number of Topliss-reactive ketones (excluding diaryl/α,β-unsaturated/α-hetero) is 1. The van der Waals surface area contributed by atoms with Gasteiger partial charge in [0.2, 0.25) is 0 Å². The van der Waals surface area contributed by atoms with E-state index < -0.39 is 0 Å². The first kappa shape index (κ1) is 17.2. The molecule has 0 aliphatic rings. The van der Waals surface area contributed by atoms with Crippen LogP contribution in [0.2, 0.25) is 0 Å². The zero-order chi connectivity index (χ0) is 17.6. The van der Waals surface area contributed by atoms with Crippen molar-refractivity contribution < 1.29 is 14.3 Å². The van der Waals surface area contributed by atoms with Crippen LogP contribution >= 0.6 is 11.3 Å². The zero-order valence-corrected chi connectivity index (χ0v) is 15.0. The maximum absolute atomic E-state index is 11.5. The van der Waals surface area contributed by atoms with E-state index in [4.69, 9.17) is 9.47 Å². The molecule has 0 radical (unpaired) electrons. The lowest BCUT2D eigenvalue weighted by Crippen LogP contribution is -2.00. The van der Waals surface area contributed by atoms with Gasteiger partial charge in [-0.2, -0.15) is 0 Å². The van der Waals surface area contributed by atoms with Crippen molar-refractivity contribution in [3.63, 3.8) is 0 Å². The van der Waals surface area contributed by atoms with Gasteiger partial charge in [0.25, 0.3) is 0 Å². The van der Waals surface area contributed by atoms with E-state index >= 15 is 0 Å². The fourth-order valence-corrected chi connectivity index (χ4v) is 3.24. The number of thiazole rings is 1. The van der Waals surface area contributed by atoms with Crippen LogP contribution in [0.4, 0.5) is 0 Å². The molecule has 0 aliphatic carbocycles. The second kappa shape index (κ2) is 7.94. The van der Waals surface area contributed by atoms with Gasteiger partial charge in [-0.25, -0.2) is 4.98 Å². The first-order chi connectivity index (χ1) is 12.2. The molecule has 3 aromatic rings. The van der Waals surface area contributed by atoms with E-state index in [-0.39, 0.29) is 5.78 Å². The summed E-state index contributed by atoms with van der Waals surface area (Å²) in [7, 11) is 1.56. The normalized spacial score (nSPS) is 10.5. The van der Waals surface area contributed by atoms with E-state index in [0.717, 1.165) is 17.1 Å². The molecule has 4 nitrogen and oxygen atoms in total. The molecular weight excluding hydrogens is 334 g/mol. The number of benzene rings is 2. The lowest BCUT2D eigenvalue weighted by molar-refractivity contribution is 0.101. The second-order valence-corrected chi connectivity index (χ2v) is 6.55. The molecule has 0 fully saturated rings. The maximum Gasteiger partial charge on any atom is 0.161 e. The number of hydrogen-bond donors (Lipinski definition) is 0. The number of carbonyl (C=O) groups is 1. The number of nitrogens with zero attached hydrogens (tertiary/aromatic N) is 1. The third kappa shape index (κ3) is 4.45. The highest BCUT2D eigenvalue weighted by atomic mass is 32.1. The molecule has 0 unspecified atom stereocenters. The summed E-state index contributed by atoms with van der Waals surface area (Å²) in [6.07, 6.45) is 0.822. The van der Waals surface area contributed by atoms with Gasteiger partial charge >= 0.3 is 0 Å². The molecule has 0 aliphatic heterocycles. The van der Waals surface area contributed by atoms with Crippen molar-refractivity contribution in [1.29, 1.82) is 0 Å². The molecule has 3 rings (SSSR count). The van der Waals surface area contributed by atoms with Crippen LogP contribution in [-0.2, 0) is 13.0 Å². The average molecular weight is 353 g/mol. The van der Waals surface area contributed by atoms with Crippen molar-refractivity contribution in [2.75, 3.05) is 7.11 Å². The first-order valence-corrected chi connectivity index (χ1v) is 8.82. The quantitative estimate of drug-likeness (QED) is 0.586. The molecule has 1 heterocycles. The minimum absolute atomic E-state index is 0.00472. The smallest absolute Gasteiger partial charge is 0.161 e. The Labute approximate surface area is 151 Å². The topological polar surface area (TPSA) is 48.4 Å². The van der Waals surface area contributed by atoms with Crippen LogP contribution in [0.1, 0.15) is 33.5 Å². The summed E-state index contributed by atoms with van der Waals surface area (Å²) in [5.74, 6) is 1.15. The summed E-state index contributed by atoms with van der Waals surface area (Å²) in [6, 6.07) is 15.5. The van der Waals surface area contributed by atoms with Gasteiger partial charge in [0.15, 0.2) is 17.3 Å².